The van der Waals surface area contributed by atoms with E-state index in [1.54, 1.807) is 7.11 Å². The maximum atomic E-state index is 5.54. The molecular formula is C11H15O2. The van der Waals surface area contributed by atoms with Crippen molar-refractivity contribution in [2.75, 3.05) is 20.3 Å². The second-order valence-electron chi connectivity index (χ2n) is 2.89. The minimum absolute atomic E-state index is 0.707. The fourth-order valence-electron chi connectivity index (χ4n) is 1.05. The van der Waals surface area contributed by atoms with Crippen LogP contribution >= 0.6 is 0 Å². The van der Waals surface area contributed by atoms with Crippen LogP contribution in [-0.4, -0.2) is 20.3 Å². The van der Waals surface area contributed by atoms with Crippen molar-refractivity contribution in [2.45, 2.75) is 13.3 Å². The van der Waals surface area contributed by atoms with Gasteiger partial charge in [0.05, 0.1) is 6.61 Å². The maximum Gasteiger partial charge on any atom is 0.122 e. The third-order valence-electron chi connectivity index (χ3n) is 1.77. The SMILES string of the molecule is COCCCOc1cc[c]cc1C. The normalized spacial score (nSPS) is 10.0. The van der Waals surface area contributed by atoms with Crippen LogP contribution in [0.25, 0.3) is 0 Å². The van der Waals surface area contributed by atoms with E-state index in [0.29, 0.717) is 6.61 Å². The van der Waals surface area contributed by atoms with E-state index in [0.717, 1.165) is 24.3 Å². The summed E-state index contributed by atoms with van der Waals surface area (Å²) in [7, 11) is 1.70. The van der Waals surface area contributed by atoms with E-state index in [1.165, 1.54) is 0 Å². The number of benzene rings is 1. The Morgan fingerprint density at radius 1 is 1.38 bits per heavy atom. The van der Waals surface area contributed by atoms with Crippen LogP contribution in [0, 0.1) is 13.0 Å². The molecular weight excluding hydrogens is 164 g/mol. The summed E-state index contributed by atoms with van der Waals surface area (Å²) in [6.07, 6.45) is 0.925. The van der Waals surface area contributed by atoms with Crippen molar-refractivity contribution in [2.24, 2.45) is 0 Å². The zero-order valence-corrected chi connectivity index (χ0v) is 8.17. The summed E-state index contributed by atoms with van der Waals surface area (Å²) in [5.74, 6) is 0.940. The third-order valence-corrected chi connectivity index (χ3v) is 1.77. The van der Waals surface area contributed by atoms with Gasteiger partial charge in [-0.05, 0) is 30.7 Å². The van der Waals surface area contributed by atoms with E-state index in [4.69, 9.17) is 9.47 Å². The lowest BCUT2D eigenvalue weighted by Crippen LogP contribution is -2.02. The molecule has 2 heteroatoms. The Kier molecular flexibility index (Phi) is 4.33. The van der Waals surface area contributed by atoms with Crippen molar-refractivity contribution in [3.63, 3.8) is 0 Å². The van der Waals surface area contributed by atoms with E-state index < -0.39 is 0 Å². The summed E-state index contributed by atoms with van der Waals surface area (Å²) in [6, 6.07) is 8.71. The van der Waals surface area contributed by atoms with E-state index >= 15 is 0 Å². The Bertz CT molecular complexity index is 246. The zero-order chi connectivity index (χ0) is 9.52. The largest absolute Gasteiger partial charge is 0.493 e. The molecule has 0 aromatic heterocycles. The fourth-order valence-corrected chi connectivity index (χ4v) is 1.05. The van der Waals surface area contributed by atoms with Gasteiger partial charge in [0.15, 0.2) is 0 Å². The lowest BCUT2D eigenvalue weighted by molar-refractivity contribution is 0.172. The average molecular weight is 179 g/mol. The maximum absolute atomic E-state index is 5.54. The first kappa shape index (κ1) is 10.1. The standard InChI is InChI=1S/C11H15O2/c1-10-6-3-4-7-11(10)13-9-5-8-12-2/h4,6-7H,5,8-9H2,1-2H3. The number of methoxy groups -OCH3 is 1. The Balaban J connectivity index is 2.32. The van der Waals surface area contributed by atoms with Gasteiger partial charge in [0.2, 0.25) is 0 Å². The van der Waals surface area contributed by atoms with E-state index in [1.807, 2.05) is 25.1 Å². The molecule has 1 aromatic rings. The first-order valence-electron chi connectivity index (χ1n) is 4.43. The summed E-state index contributed by atoms with van der Waals surface area (Å²) >= 11 is 0. The van der Waals surface area contributed by atoms with Crippen molar-refractivity contribution >= 4 is 0 Å². The highest BCUT2D eigenvalue weighted by molar-refractivity contribution is 5.31. The molecule has 71 valence electrons. The van der Waals surface area contributed by atoms with Crippen LogP contribution in [0.4, 0.5) is 0 Å². The molecule has 0 amide bonds. The number of hydrogen-bond acceptors (Lipinski definition) is 2. The van der Waals surface area contributed by atoms with Gasteiger partial charge in [0.1, 0.15) is 5.75 Å². The second-order valence-corrected chi connectivity index (χ2v) is 2.89. The summed E-state index contributed by atoms with van der Waals surface area (Å²) in [6.45, 7) is 3.47. The molecule has 0 bridgehead atoms. The number of aryl methyl sites for hydroxylation is 1. The second kappa shape index (κ2) is 5.60. The highest BCUT2D eigenvalue weighted by Crippen LogP contribution is 2.15. The van der Waals surface area contributed by atoms with Gasteiger partial charge in [-0.25, -0.2) is 0 Å². The summed E-state index contributed by atoms with van der Waals surface area (Å²) in [5, 5.41) is 0. The van der Waals surface area contributed by atoms with Crippen LogP contribution in [0.5, 0.6) is 5.75 Å². The molecule has 0 fully saturated rings. The lowest BCUT2D eigenvalue weighted by atomic mass is 10.2. The predicted octanol–water partition coefficient (Wildman–Crippen LogP) is 2.21. The summed E-state index contributed by atoms with van der Waals surface area (Å²) < 4.78 is 10.5. The Labute approximate surface area is 79.5 Å². The minimum Gasteiger partial charge on any atom is -0.493 e. The molecule has 0 spiro atoms. The molecule has 0 aliphatic carbocycles. The molecule has 1 rings (SSSR count). The smallest absolute Gasteiger partial charge is 0.122 e. The quantitative estimate of drug-likeness (QED) is 0.645. The number of hydrogen-bond donors (Lipinski definition) is 0. The van der Waals surface area contributed by atoms with E-state index in [2.05, 4.69) is 6.07 Å². The van der Waals surface area contributed by atoms with Gasteiger partial charge in [-0.1, -0.05) is 6.07 Å². The zero-order valence-electron chi connectivity index (χ0n) is 8.17. The third kappa shape index (κ3) is 3.47. The van der Waals surface area contributed by atoms with E-state index in [9.17, 15) is 0 Å². The van der Waals surface area contributed by atoms with Crippen LogP contribution in [0.15, 0.2) is 18.2 Å². The van der Waals surface area contributed by atoms with E-state index in [-0.39, 0.29) is 0 Å². The Morgan fingerprint density at radius 2 is 2.23 bits per heavy atom. The Hall–Kier alpha value is -1.02. The molecule has 0 aliphatic rings. The minimum atomic E-state index is 0.707. The first-order valence-corrected chi connectivity index (χ1v) is 4.43. The molecule has 0 heterocycles. The van der Waals surface area contributed by atoms with Crippen molar-refractivity contribution in [1.29, 1.82) is 0 Å². The summed E-state index contributed by atoms with van der Waals surface area (Å²) in [4.78, 5) is 0. The van der Waals surface area contributed by atoms with Crippen LogP contribution in [0.3, 0.4) is 0 Å². The highest BCUT2D eigenvalue weighted by atomic mass is 16.5. The van der Waals surface area contributed by atoms with Gasteiger partial charge in [0.25, 0.3) is 0 Å². The van der Waals surface area contributed by atoms with Crippen LogP contribution in [-0.2, 0) is 4.74 Å². The molecule has 0 aliphatic heterocycles. The van der Waals surface area contributed by atoms with Crippen molar-refractivity contribution < 1.29 is 9.47 Å². The van der Waals surface area contributed by atoms with Crippen molar-refractivity contribution in [1.82, 2.24) is 0 Å². The highest BCUT2D eigenvalue weighted by Gasteiger charge is 1.96. The molecule has 1 aromatic carbocycles. The van der Waals surface area contributed by atoms with Crippen molar-refractivity contribution in [3.8, 4) is 5.75 Å². The average Bonchev–Trinajstić information content (AvgIpc) is 2.15. The van der Waals surface area contributed by atoms with Gasteiger partial charge in [0, 0.05) is 20.1 Å². The van der Waals surface area contributed by atoms with Crippen LogP contribution < -0.4 is 4.74 Å². The van der Waals surface area contributed by atoms with Gasteiger partial charge < -0.3 is 9.47 Å². The van der Waals surface area contributed by atoms with Crippen LogP contribution in [0.2, 0.25) is 0 Å². The summed E-state index contributed by atoms with van der Waals surface area (Å²) in [5.41, 5.74) is 1.12. The van der Waals surface area contributed by atoms with Gasteiger partial charge in [-0.15, -0.1) is 0 Å². The Morgan fingerprint density at radius 3 is 2.92 bits per heavy atom. The molecule has 0 saturated carbocycles. The number of rotatable bonds is 5. The van der Waals surface area contributed by atoms with Crippen molar-refractivity contribution in [3.05, 3.63) is 29.8 Å². The monoisotopic (exact) mass is 179 g/mol. The fraction of sp³-hybridized carbons (Fsp3) is 0.455. The van der Waals surface area contributed by atoms with Gasteiger partial charge in [-0.3, -0.25) is 0 Å². The predicted molar refractivity (Wildman–Crippen MR) is 52.0 cm³/mol. The molecule has 0 unspecified atom stereocenters. The molecule has 0 N–H and O–H groups in total. The molecule has 0 saturated heterocycles. The number of ether oxygens (including phenoxy) is 2. The molecule has 1 radical (unpaired) electrons. The van der Waals surface area contributed by atoms with Gasteiger partial charge >= 0.3 is 0 Å². The molecule has 2 nitrogen and oxygen atoms in total. The lowest BCUT2D eigenvalue weighted by Gasteiger charge is -2.07. The first-order chi connectivity index (χ1) is 6.34. The topological polar surface area (TPSA) is 18.5 Å². The molecule has 13 heavy (non-hydrogen) atoms. The molecule has 0 atom stereocenters. The van der Waals surface area contributed by atoms with Crippen LogP contribution in [0.1, 0.15) is 12.0 Å². The van der Waals surface area contributed by atoms with Gasteiger partial charge in [-0.2, -0.15) is 0 Å².